The molecule has 0 unspecified atom stereocenters. The van der Waals surface area contributed by atoms with Crippen molar-refractivity contribution in [3.8, 4) is 0 Å². The van der Waals surface area contributed by atoms with Crippen LogP contribution in [-0.4, -0.2) is 32.2 Å². The van der Waals surface area contributed by atoms with E-state index in [0.29, 0.717) is 18.7 Å². The Labute approximate surface area is 133 Å². The first-order valence-corrected chi connectivity index (χ1v) is 7.48. The van der Waals surface area contributed by atoms with Crippen molar-refractivity contribution >= 4 is 11.6 Å². The average Bonchev–Trinajstić information content (AvgIpc) is 3.24. The lowest BCUT2D eigenvalue weighted by Crippen LogP contribution is -2.30. The molecule has 6 heteroatoms. The summed E-state index contributed by atoms with van der Waals surface area (Å²) in [5.41, 5.74) is 3.72. The SMILES string of the molecule is O=C(c1ccccc1Cn1cncn1)N1CCc2cnccc21. The zero-order valence-electron chi connectivity index (χ0n) is 12.5. The molecule has 0 N–H and O–H groups in total. The van der Waals surface area contributed by atoms with Gasteiger partial charge >= 0.3 is 0 Å². The number of nitrogens with zero attached hydrogens (tertiary/aromatic N) is 5. The van der Waals surface area contributed by atoms with Crippen LogP contribution < -0.4 is 4.90 Å². The summed E-state index contributed by atoms with van der Waals surface area (Å²) >= 11 is 0. The van der Waals surface area contributed by atoms with Crippen LogP contribution in [0.2, 0.25) is 0 Å². The Hall–Kier alpha value is -3.02. The van der Waals surface area contributed by atoms with Gasteiger partial charge in [0.2, 0.25) is 0 Å². The maximum atomic E-state index is 13.0. The second-order valence-electron chi connectivity index (χ2n) is 5.46. The number of anilines is 1. The largest absolute Gasteiger partial charge is 0.308 e. The minimum atomic E-state index is 0.0191. The van der Waals surface area contributed by atoms with Crippen LogP contribution >= 0.6 is 0 Å². The van der Waals surface area contributed by atoms with Gasteiger partial charge in [-0.15, -0.1) is 0 Å². The number of hydrogen-bond donors (Lipinski definition) is 0. The van der Waals surface area contributed by atoms with Crippen molar-refractivity contribution in [2.24, 2.45) is 0 Å². The normalized spacial score (nSPS) is 13.1. The Morgan fingerprint density at radius 1 is 1.17 bits per heavy atom. The predicted octanol–water partition coefficient (Wildman–Crippen LogP) is 1.92. The lowest BCUT2D eigenvalue weighted by Gasteiger charge is -2.19. The molecule has 1 aromatic carbocycles. The van der Waals surface area contributed by atoms with Crippen molar-refractivity contribution in [3.05, 3.63) is 72.1 Å². The van der Waals surface area contributed by atoms with Crippen LogP contribution in [0, 0.1) is 0 Å². The van der Waals surface area contributed by atoms with Crippen LogP contribution in [0.25, 0.3) is 0 Å². The molecule has 0 radical (unpaired) electrons. The minimum Gasteiger partial charge on any atom is -0.308 e. The van der Waals surface area contributed by atoms with Crippen molar-refractivity contribution in [2.45, 2.75) is 13.0 Å². The highest BCUT2D eigenvalue weighted by Gasteiger charge is 2.26. The molecule has 0 saturated heterocycles. The number of fused-ring (bicyclic) bond motifs is 1. The first kappa shape index (κ1) is 13.6. The number of hydrogen-bond acceptors (Lipinski definition) is 4. The summed E-state index contributed by atoms with van der Waals surface area (Å²) < 4.78 is 1.72. The van der Waals surface area contributed by atoms with Crippen LogP contribution in [0.4, 0.5) is 5.69 Å². The summed E-state index contributed by atoms with van der Waals surface area (Å²) in [6.45, 7) is 1.22. The molecular weight excluding hydrogens is 290 g/mol. The second kappa shape index (κ2) is 5.64. The van der Waals surface area contributed by atoms with E-state index in [9.17, 15) is 4.79 Å². The fourth-order valence-corrected chi connectivity index (χ4v) is 2.94. The third kappa shape index (κ3) is 2.48. The summed E-state index contributed by atoms with van der Waals surface area (Å²) in [5.74, 6) is 0.0191. The molecule has 0 fully saturated rings. The molecule has 3 aromatic rings. The van der Waals surface area contributed by atoms with Gasteiger partial charge in [0.15, 0.2) is 0 Å². The predicted molar refractivity (Wildman–Crippen MR) is 85.2 cm³/mol. The van der Waals surface area contributed by atoms with Gasteiger partial charge in [-0.05, 0) is 29.7 Å². The fourth-order valence-electron chi connectivity index (χ4n) is 2.94. The standard InChI is InChI=1S/C17H15N5O/c23-17(22-8-6-13-9-18-7-5-16(13)22)15-4-2-1-3-14(15)10-21-12-19-11-20-21/h1-5,7,9,11-12H,6,8,10H2. The van der Waals surface area contributed by atoms with Crippen molar-refractivity contribution < 1.29 is 4.79 Å². The highest BCUT2D eigenvalue weighted by Crippen LogP contribution is 2.28. The smallest absolute Gasteiger partial charge is 0.258 e. The van der Waals surface area contributed by atoms with Crippen LogP contribution in [0.15, 0.2) is 55.4 Å². The van der Waals surface area contributed by atoms with Crippen LogP contribution in [0.3, 0.4) is 0 Å². The Balaban J connectivity index is 1.67. The van der Waals surface area contributed by atoms with E-state index >= 15 is 0 Å². The lowest BCUT2D eigenvalue weighted by molar-refractivity contribution is 0.0988. The molecule has 6 nitrogen and oxygen atoms in total. The second-order valence-corrected chi connectivity index (χ2v) is 5.46. The van der Waals surface area contributed by atoms with Gasteiger partial charge in [0, 0.05) is 24.5 Å². The number of carbonyl (C=O) groups is 1. The van der Waals surface area contributed by atoms with Crippen LogP contribution in [0.5, 0.6) is 0 Å². The van der Waals surface area contributed by atoms with Crippen molar-refractivity contribution in [1.29, 1.82) is 0 Å². The third-order valence-electron chi connectivity index (χ3n) is 4.07. The van der Waals surface area contributed by atoms with Crippen LogP contribution in [-0.2, 0) is 13.0 Å². The van der Waals surface area contributed by atoms with Gasteiger partial charge in [0.05, 0.1) is 12.2 Å². The summed E-state index contributed by atoms with van der Waals surface area (Å²) in [4.78, 5) is 22.9. The maximum absolute atomic E-state index is 13.0. The molecular formula is C17H15N5O. The Bertz CT molecular complexity index is 844. The highest BCUT2D eigenvalue weighted by atomic mass is 16.2. The monoisotopic (exact) mass is 305 g/mol. The van der Waals surface area contributed by atoms with Gasteiger partial charge in [-0.3, -0.25) is 9.78 Å². The molecule has 2 aromatic heterocycles. The van der Waals surface area contributed by atoms with Crippen molar-refractivity contribution in [1.82, 2.24) is 19.7 Å². The molecule has 114 valence electrons. The molecule has 4 rings (SSSR count). The molecule has 1 aliphatic rings. The summed E-state index contributed by atoms with van der Waals surface area (Å²) in [6.07, 6.45) is 7.56. The number of rotatable bonds is 3. The van der Waals surface area contributed by atoms with E-state index in [1.165, 1.54) is 6.33 Å². The van der Waals surface area contributed by atoms with E-state index in [1.54, 1.807) is 17.2 Å². The molecule has 23 heavy (non-hydrogen) atoms. The number of benzene rings is 1. The van der Waals surface area contributed by atoms with Gasteiger partial charge in [-0.25, -0.2) is 9.67 Å². The maximum Gasteiger partial charge on any atom is 0.258 e. The van der Waals surface area contributed by atoms with E-state index in [1.807, 2.05) is 41.4 Å². The molecule has 0 spiro atoms. The van der Waals surface area contributed by atoms with Gasteiger partial charge in [-0.1, -0.05) is 18.2 Å². The van der Waals surface area contributed by atoms with Gasteiger partial charge in [-0.2, -0.15) is 5.10 Å². The van der Waals surface area contributed by atoms with E-state index in [4.69, 9.17) is 0 Å². The fraction of sp³-hybridized carbons (Fsp3) is 0.176. The first-order valence-electron chi connectivity index (χ1n) is 7.48. The van der Waals surface area contributed by atoms with Crippen LogP contribution in [0.1, 0.15) is 21.5 Å². The molecule has 1 amide bonds. The highest BCUT2D eigenvalue weighted by molar-refractivity contribution is 6.08. The van der Waals surface area contributed by atoms with E-state index in [2.05, 4.69) is 15.1 Å². The van der Waals surface area contributed by atoms with E-state index < -0.39 is 0 Å². The minimum absolute atomic E-state index is 0.0191. The van der Waals surface area contributed by atoms with Gasteiger partial charge < -0.3 is 4.90 Å². The number of carbonyl (C=O) groups excluding carboxylic acids is 1. The molecule has 0 saturated carbocycles. The molecule has 0 bridgehead atoms. The zero-order valence-corrected chi connectivity index (χ0v) is 12.5. The van der Waals surface area contributed by atoms with Crippen molar-refractivity contribution in [2.75, 3.05) is 11.4 Å². The average molecular weight is 305 g/mol. The zero-order chi connectivity index (χ0) is 15.6. The summed E-state index contributed by atoms with van der Waals surface area (Å²) in [6, 6.07) is 9.55. The quantitative estimate of drug-likeness (QED) is 0.741. The molecule has 1 aliphatic heterocycles. The molecule has 0 aliphatic carbocycles. The lowest BCUT2D eigenvalue weighted by atomic mass is 10.1. The Morgan fingerprint density at radius 3 is 2.96 bits per heavy atom. The Morgan fingerprint density at radius 2 is 2.09 bits per heavy atom. The number of amides is 1. The van der Waals surface area contributed by atoms with Gasteiger partial charge in [0.1, 0.15) is 12.7 Å². The molecule has 0 atom stereocenters. The third-order valence-corrected chi connectivity index (χ3v) is 4.07. The van der Waals surface area contributed by atoms with E-state index in [0.717, 1.165) is 23.2 Å². The van der Waals surface area contributed by atoms with E-state index in [-0.39, 0.29) is 5.91 Å². The summed E-state index contributed by atoms with van der Waals surface area (Å²) in [5, 5.41) is 4.12. The first-order chi connectivity index (χ1) is 11.3. The molecule has 3 heterocycles. The Kier molecular flexibility index (Phi) is 3.34. The number of aromatic nitrogens is 4. The topological polar surface area (TPSA) is 63.9 Å². The van der Waals surface area contributed by atoms with Crippen molar-refractivity contribution in [3.63, 3.8) is 0 Å². The summed E-state index contributed by atoms with van der Waals surface area (Å²) in [7, 11) is 0. The van der Waals surface area contributed by atoms with Gasteiger partial charge in [0.25, 0.3) is 5.91 Å². The number of pyridine rings is 1.